The second-order valence-electron chi connectivity index (χ2n) is 5.41. The summed E-state index contributed by atoms with van der Waals surface area (Å²) in [4.78, 5) is 24.3. The van der Waals surface area contributed by atoms with Crippen molar-refractivity contribution in [1.82, 2.24) is 4.90 Å². The summed E-state index contributed by atoms with van der Waals surface area (Å²) >= 11 is 0. The quantitative estimate of drug-likeness (QED) is 0.746. The summed E-state index contributed by atoms with van der Waals surface area (Å²) in [5.41, 5.74) is 1.17. The highest BCUT2D eigenvalue weighted by molar-refractivity contribution is 5.81. The minimum atomic E-state index is -0.953. The molecule has 1 saturated carbocycles. The van der Waals surface area contributed by atoms with Gasteiger partial charge >= 0.3 is 5.97 Å². The van der Waals surface area contributed by atoms with Crippen molar-refractivity contribution in [2.24, 2.45) is 0 Å². The number of ether oxygens (including phenoxy) is 1. The lowest BCUT2D eigenvalue weighted by atomic mass is 10.2. The molecule has 114 valence electrons. The summed E-state index contributed by atoms with van der Waals surface area (Å²) in [5.74, 6) is -0.254. The van der Waals surface area contributed by atoms with Gasteiger partial charge < -0.3 is 14.7 Å². The molecule has 5 heteroatoms. The Labute approximate surface area is 124 Å². The van der Waals surface area contributed by atoms with Crippen LogP contribution in [-0.4, -0.2) is 41.1 Å². The summed E-state index contributed by atoms with van der Waals surface area (Å²) in [6, 6.07) is 7.88. The van der Waals surface area contributed by atoms with Crippen molar-refractivity contribution in [3.8, 4) is 5.75 Å². The topological polar surface area (TPSA) is 66.8 Å². The van der Waals surface area contributed by atoms with Gasteiger partial charge in [0.05, 0.1) is 6.61 Å². The van der Waals surface area contributed by atoms with Crippen LogP contribution in [0.15, 0.2) is 24.3 Å². The second-order valence-corrected chi connectivity index (χ2v) is 5.41. The van der Waals surface area contributed by atoms with E-state index in [0.29, 0.717) is 19.4 Å². The van der Waals surface area contributed by atoms with E-state index in [1.807, 2.05) is 31.2 Å². The first-order valence-electron chi connectivity index (χ1n) is 7.27. The number of carboxylic acids is 1. The van der Waals surface area contributed by atoms with Gasteiger partial charge in [0.1, 0.15) is 12.3 Å². The molecular weight excluding hydrogens is 270 g/mol. The third-order valence-corrected chi connectivity index (χ3v) is 3.44. The number of carbonyl (C=O) groups is 2. The van der Waals surface area contributed by atoms with Gasteiger partial charge in [0.25, 0.3) is 0 Å². The summed E-state index contributed by atoms with van der Waals surface area (Å²) < 4.78 is 5.56. The van der Waals surface area contributed by atoms with Gasteiger partial charge in [-0.15, -0.1) is 0 Å². The fourth-order valence-electron chi connectivity index (χ4n) is 2.14. The first-order chi connectivity index (χ1) is 10.1. The Morgan fingerprint density at radius 3 is 2.52 bits per heavy atom. The highest BCUT2D eigenvalue weighted by atomic mass is 16.5. The number of aryl methyl sites for hydroxylation is 1. The van der Waals surface area contributed by atoms with Gasteiger partial charge in [0.15, 0.2) is 0 Å². The van der Waals surface area contributed by atoms with Crippen molar-refractivity contribution >= 4 is 11.9 Å². The van der Waals surface area contributed by atoms with Crippen LogP contribution >= 0.6 is 0 Å². The third kappa shape index (κ3) is 5.10. The average molecular weight is 291 g/mol. The van der Waals surface area contributed by atoms with Crippen molar-refractivity contribution < 1.29 is 19.4 Å². The fourth-order valence-corrected chi connectivity index (χ4v) is 2.14. The summed E-state index contributed by atoms with van der Waals surface area (Å²) in [7, 11) is 0. The minimum Gasteiger partial charge on any atom is -0.494 e. The zero-order valence-electron chi connectivity index (χ0n) is 12.2. The molecule has 1 fully saturated rings. The van der Waals surface area contributed by atoms with Gasteiger partial charge in [-0.3, -0.25) is 9.59 Å². The minimum absolute atomic E-state index is 0.0904. The largest absolute Gasteiger partial charge is 0.494 e. The molecule has 5 nitrogen and oxygen atoms in total. The lowest BCUT2D eigenvalue weighted by Gasteiger charge is -2.20. The number of carbonyl (C=O) groups excluding carboxylic acids is 1. The van der Waals surface area contributed by atoms with E-state index < -0.39 is 5.97 Å². The molecule has 0 atom stereocenters. The molecule has 0 unspecified atom stereocenters. The molecule has 1 aromatic rings. The zero-order chi connectivity index (χ0) is 15.2. The van der Waals surface area contributed by atoms with Crippen LogP contribution in [0.1, 0.15) is 31.2 Å². The van der Waals surface area contributed by atoms with Gasteiger partial charge in [0.2, 0.25) is 5.91 Å². The van der Waals surface area contributed by atoms with E-state index >= 15 is 0 Å². The van der Waals surface area contributed by atoms with Crippen LogP contribution in [0, 0.1) is 6.92 Å². The molecule has 1 aliphatic rings. The predicted molar refractivity (Wildman–Crippen MR) is 78.3 cm³/mol. The number of benzene rings is 1. The van der Waals surface area contributed by atoms with Crippen molar-refractivity contribution in [1.29, 1.82) is 0 Å². The van der Waals surface area contributed by atoms with Crippen molar-refractivity contribution in [2.45, 2.75) is 38.6 Å². The monoisotopic (exact) mass is 291 g/mol. The Kier molecular flexibility index (Phi) is 5.20. The lowest BCUT2D eigenvalue weighted by molar-refractivity contribution is -0.145. The molecule has 0 saturated heterocycles. The molecular formula is C16H21NO4. The first kappa shape index (κ1) is 15.4. The summed E-state index contributed by atoms with van der Waals surface area (Å²) in [5, 5.41) is 8.83. The Morgan fingerprint density at radius 1 is 1.29 bits per heavy atom. The number of hydrogen-bond acceptors (Lipinski definition) is 3. The van der Waals surface area contributed by atoms with Crippen LogP contribution in [0.3, 0.4) is 0 Å². The Bertz CT molecular complexity index is 494. The SMILES string of the molecule is Cc1ccc(OCCCC(=O)N(CC(=O)O)C2CC2)cc1. The molecule has 0 bridgehead atoms. The predicted octanol–water partition coefficient (Wildman–Crippen LogP) is 2.23. The number of aliphatic carboxylic acids is 1. The molecule has 0 aromatic heterocycles. The van der Waals surface area contributed by atoms with E-state index in [2.05, 4.69) is 0 Å². The zero-order valence-corrected chi connectivity index (χ0v) is 12.2. The van der Waals surface area contributed by atoms with E-state index in [1.165, 1.54) is 10.5 Å². The Balaban J connectivity index is 1.70. The normalized spacial score (nSPS) is 13.8. The van der Waals surface area contributed by atoms with Crippen LogP contribution in [0.4, 0.5) is 0 Å². The van der Waals surface area contributed by atoms with E-state index in [4.69, 9.17) is 9.84 Å². The third-order valence-electron chi connectivity index (χ3n) is 3.44. The van der Waals surface area contributed by atoms with Gasteiger partial charge in [-0.25, -0.2) is 0 Å². The molecule has 0 aliphatic heterocycles. The average Bonchev–Trinajstić information content (AvgIpc) is 3.27. The van der Waals surface area contributed by atoms with Gasteiger partial charge in [-0.05, 0) is 38.3 Å². The standard InChI is InChI=1S/C16H21NO4/c1-12-4-8-14(9-5-12)21-10-2-3-15(18)17(11-16(19)20)13-6-7-13/h4-5,8-9,13H,2-3,6-7,10-11H2,1H3,(H,19,20). The molecule has 21 heavy (non-hydrogen) atoms. The van der Waals surface area contributed by atoms with Gasteiger partial charge in [-0.1, -0.05) is 17.7 Å². The van der Waals surface area contributed by atoms with E-state index in [1.54, 1.807) is 0 Å². The molecule has 0 spiro atoms. The molecule has 1 aromatic carbocycles. The summed E-state index contributed by atoms with van der Waals surface area (Å²) in [6.07, 6.45) is 2.75. The number of amides is 1. The molecule has 1 aliphatic carbocycles. The lowest BCUT2D eigenvalue weighted by Crippen LogP contribution is -2.37. The van der Waals surface area contributed by atoms with Crippen LogP contribution in [-0.2, 0) is 9.59 Å². The maximum absolute atomic E-state index is 12.0. The highest BCUT2D eigenvalue weighted by Crippen LogP contribution is 2.27. The van der Waals surface area contributed by atoms with Crippen molar-refractivity contribution in [2.75, 3.05) is 13.2 Å². The van der Waals surface area contributed by atoms with Gasteiger partial charge in [-0.2, -0.15) is 0 Å². The van der Waals surface area contributed by atoms with E-state index in [-0.39, 0.29) is 18.5 Å². The van der Waals surface area contributed by atoms with Crippen LogP contribution in [0.25, 0.3) is 0 Å². The van der Waals surface area contributed by atoms with Crippen molar-refractivity contribution in [3.05, 3.63) is 29.8 Å². The Morgan fingerprint density at radius 2 is 1.95 bits per heavy atom. The highest BCUT2D eigenvalue weighted by Gasteiger charge is 2.33. The van der Waals surface area contributed by atoms with Gasteiger partial charge in [0, 0.05) is 12.5 Å². The van der Waals surface area contributed by atoms with Crippen LogP contribution < -0.4 is 4.74 Å². The fraction of sp³-hybridized carbons (Fsp3) is 0.500. The number of rotatable bonds is 8. The van der Waals surface area contributed by atoms with E-state index in [9.17, 15) is 9.59 Å². The van der Waals surface area contributed by atoms with Crippen LogP contribution in [0.5, 0.6) is 5.75 Å². The molecule has 0 radical (unpaired) electrons. The number of carboxylic acid groups (broad SMARTS) is 1. The smallest absolute Gasteiger partial charge is 0.323 e. The second kappa shape index (κ2) is 7.11. The molecule has 1 N–H and O–H groups in total. The molecule has 2 rings (SSSR count). The first-order valence-corrected chi connectivity index (χ1v) is 7.27. The maximum atomic E-state index is 12.0. The summed E-state index contributed by atoms with van der Waals surface area (Å²) in [6.45, 7) is 2.28. The van der Waals surface area contributed by atoms with Crippen molar-refractivity contribution in [3.63, 3.8) is 0 Å². The number of nitrogens with zero attached hydrogens (tertiary/aromatic N) is 1. The van der Waals surface area contributed by atoms with E-state index in [0.717, 1.165) is 18.6 Å². The van der Waals surface area contributed by atoms with Crippen LogP contribution in [0.2, 0.25) is 0 Å². The number of hydrogen-bond donors (Lipinski definition) is 1. The maximum Gasteiger partial charge on any atom is 0.323 e. The molecule has 0 heterocycles. The Hall–Kier alpha value is -2.04. The molecule has 1 amide bonds.